The van der Waals surface area contributed by atoms with Crippen molar-refractivity contribution in [1.82, 2.24) is 0 Å². The molecule has 0 heterocycles. The average molecular weight is 296 g/mol. The fourth-order valence-corrected chi connectivity index (χ4v) is 2.65. The third-order valence-electron chi connectivity index (χ3n) is 4.13. The number of unbranched alkanes of at least 4 members (excludes halogenated alkanes) is 1. The molecule has 1 atom stereocenters. The molecule has 0 bridgehead atoms. The largest absolute Gasteiger partial charge is 0.364 e. The quantitative estimate of drug-likeness (QED) is 0.785. The van der Waals surface area contributed by atoms with Gasteiger partial charge in [-0.2, -0.15) is 0 Å². The lowest BCUT2D eigenvalue weighted by Gasteiger charge is -2.26. The van der Waals surface area contributed by atoms with Crippen molar-refractivity contribution < 1.29 is 8.78 Å². The van der Waals surface area contributed by atoms with Gasteiger partial charge in [0.05, 0.1) is 0 Å². The van der Waals surface area contributed by atoms with Gasteiger partial charge in [0, 0.05) is 18.6 Å². The molecule has 21 heavy (non-hydrogen) atoms. The summed E-state index contributed by atoms with van der Waals surface area (Å²) >= 11 is 0. The molecule has 0 aromatic heterocycles. The van der Waals surface area contributed by atoms with E-state index in [-0.39, 0.29) is 11.7 Å². The van der Waals surface area contributed by atoms with Crippen LogP contribution >= 0.6 is 0 Å². The summed E-state index contributed by atoms with van der Waals surface area (Å²) in [4.78, 5) is 1.91. The predicted octanol–water partition coefficient (Wildman–Crippen LogP) is 4.01. The van der Waals surface area contributed by atoms with Crippen LogP contribution < -0.4 is 10.6 Å². The molecule has 0 amide bonds. The van der Waals surface area contributed by atoms with E-state index >= 15 is 0 Å². The van der Waals surface area contributed by atoms with E-state index in [2.05, 4.69) is 6.92 Å². The van der Waals surface area contributed by atoms with Crippen LogP contribution in [0.5, 0.6) is 0 Å². The number of benzene rings is 1. The fraction of sp³-hybridized carbons (Fsp3) is 0.647. The molecule has 1 unspecified atom stereocenters. The van der Waals surface area contributed by atoms with E-state index in [1.54, 1.807) is 0 Å². The summed E-state index contributed by atoms with van der Waals surface area (Å²) in [6.07, 6.45) is 5.36. The maximum Gasteiger partial charge on any atom is 0.149 e. The summed E-state index contributed by atoms with van der Waals surface area (Å²) < 4.78 is 28.8. The molecule has 0 saturated heterocycles. The first kappa shape index (κ1) is 16.2. The highest BCUT2D eigenvalue weighted by atomic mass is 19.1. The molecule has 1 saturated carbocycles. The minimum absolute atomic E-state index is 0.0470. The van der Waals surface area contributed by atoms with Crippen LogP contribution in [0.4, 0.5) is 14.5 Å². The van der Waals surface area contributed by atoms with Crippen molar-refractivity contribution in [1.29, 1.82) is 0 Å². The van der Waals surface area contributed by atoms with Crippen LogP contribution in [-0.2, 0) is 6.42 Å². The standard InChI is InChI=1S/C17H26F2N2/c1-3-5-8-21(14-6-7-14)17-15(18)10-12(11-16(17)19)9-13(20)4-2/h10-11,13-14H,3-9,20H2,1-2H3. The van der Waals surface area contributed by atoms with Crippen LogP contribution in [0.3, 0.4) is 0 Å². The topological polar surface area (TPSA) is 29.3 Å². The molecule has 2 rings (SSSR count). The molecule has 4 heteroatoms. The molecule has 1 aliphatic rings. The number of rotatable bonds is 8. The normalized spacial score (nSPS) is 16.0. The van der Waals surface area contributed by atoms with Gasteiger partial charge in [-0.1, -0.05) is 20.3 Å². The van der Waals surface area contributed by atoms with Gasteiger partial charge in [0.2, 0.25) is 0 Å². The van der Waals surface area contributed by atoms with Gasteiger partial charge in [0.25, 0.3) is 0 Å². The van der Waals surface area contributed by atoms with Gasteiger partial charge in [-0.25, -0.2) is 8.78 Å². The van der Waals surface area contributed by atoms with Crippen LogP contribution in [0.1, 0.15) is 51.5 Å². The lowest BCUT2D eigenvalue weighted by molar-refractivity contribution is 0.557. The Hall–Kier alpha value is -1.16. The van der Waals surface area contributed by atoms with E-state index in [4.69, 9.17) is 5.73 Å². The summed E-state index contributed by atoms with van der Waals surface area (Å²) in [7, 11) is 0. The van der Waals surface area contributed by atoms with Crippen molar-refractivity contribution in [2.75, 3.05) is 11.4 Å². The maximum absolute atomic E-state index is 14.4. The van der Waals surface area contributed by atoms with Crippen molar-refractivity contribution in [2.24, 2.45) is 5.73 Å². The Morgan fingerprint density at radius 2 is 1.86 bits per heavy atom. The van der Waals surface area contributed by atoms with Crippen LogP contribution in [0.25, 0.3) is 0 Å². The van der Waals surface area contributed by atoms with E-state index in [1.165, 1.54) is 12.1 Å². The van der Waals surface area contributed by atoms with Crippen LogP contribution in [-0.4, -0.2) is 18.6 Å². The van der Waals surface area contributed by atoms with Crippen molar-refractivity contribution in [3.8, 4) is 0 Å². The van der Waals surface area contributed by atoms with Gasteiger partial charge in [0.15, 0.2) is 0 Å². The first-order valence-electron chi connectivity index (χ1n) is 8.06. The predicted molar refractivity (Wildman–Crippen MR) is 83.6 cm³/mol. The Kier molecular flexibility index (Phi) is 5.57. The highest BCUT2D eigenvalue weighted by Gasteiger charge is 2.32. The molecule has 0 radical (unpaired) electrons. The van der Waals surface area contributed by atoms with E-state index in [0.29, 0.717) is 18.0 Å². The number of anilines is 1. The Balaban J connectivity index is 2.22. The Morgan fingerprint density at radius 3 is 2.33 bits per heavy atom. The van der Waals surface area contributed by atoms with Gasteiger partial charge in [-0.3, -0.25) is 0 Å². The van der Waals surface area contributed by atoms with Crippen molar-refractivity contribution >= 4 is 5.69 Å². The zero-order valence-electron chi connectivity index (χ0n) is 13.0. The van der Waals surface area contributed by atoms with E-state index in [0.717, 1.165) is 38.6 Å². The molecule has 0 spiro atoms. The lowest BCUT2D eigenvalue weighted by atomic mass is 10.0. The maximum atomic E-state index is 14.4. The lowest BCUT2D eigenvalue weighted by Crippen LogP contribution is -2.29. The fourth-order valence-electron chi connectivity index (χ4n) is 2.65. The van der Waals surface area contributed by atoms with Crippen molar-refractivity contribution in [3.05, 3.63) is 29.3 Å². The van der Waals surface area contributed by atoms with Gasteiger partial charge in [0.1, 0.15) is 17.3 Å². The Bertz CT molecular complexity index is 449. The highest BCUT2D eigenvalue weighted by Crippen LogP contribution is 2.35. The monoisotopic (exact) mass is 296 g/mol. The van der Waals surface area contributed by atoms with E-state index in [9.17, 15) is 8.78 Å². The van der Waals surface area contributed by atoms with E-state index in [1.807, 2.05) is 11.8 Å². The molecule has 2 nitrogen and oxygen atoms in total. The molecule has 1 aromatic rings. The van der Waals surface area contributed by atoms with Crippen LogP contribution in [0, 0.1) is 11.6 Å². The molecule has 0 aliphatic heterocycles. The van der Waals surface area contributed by atoms with E-state index < -0.39 is 11.6 Å². The molecule has 2 N–H and O–H groups in total. The van der Waals surface area contributed by atoms with Crippen molar-refractivity contribution in [2.45, 2.75) is 64.5 Å². The third kappa shape index (κ3) is 4.16. The zero-order chi connectivity index (χ0) is 15.4. The molecular weight excluding hydrogens is 270 g/mol. The number of nitrogens with zero attached hydrogens (tertiary/aromatic N) is 1. The minimum Gasteiger partial charge on any atom is -0.364 e. The zero-order valence-corrected chi connectivity index (χ0v) is 13.0. The second-order valence-electron chi connectivity index (χ2n) is 6.06. The number of nitrogens with two attached hydrogens (primary N) is 1. The van der Waals surface area contributed by atoms with Crippen molar-refractivity contribution in [3.63, 3.8) is 0 Å². The molecule has 1 aromatic carbocycles. The van der Waals surface area contributed by atoms with Crippen LogP contribution in [0.15, 0.2) is 12.1 Å². The van der Waals surface area contributed by atoms with Gasteiger partial charge >= 0.3 is 0 Å². The Morgan fingerprint density at radius 1 is 1.24 bits per heavy atom. The molecule has 1 fully saturated rings. The molecule has 1 aliphatic carbocycles. The summed E-state index contributed by atoms with van der Waals surface area (Å²) in [6.45, 7) is 4.79. The summed E-state index contributed by atoms with van der Waals surface area (Å²) in [5.41, 5.74) is 6.67. The number of hydrogen-bond acceptors (Lipinski definition) is 2. The summed E-state index contributed by atoms with van der Waals surface area (Å²) in [6, 6.07) is 3.17. The van der Waals surface area contributed by atoms with Gasteiger partial charge < -0.3 is 10.6 Å². The first-order valence-corrected chi connectivity index (χ1v) is 8.06. The molecule has 118 valence electrons. The second kappa shape index (κ2) is 7.21. The average Bonchev–Trinajstić information content (AvgIpc) is 3.26. The minimum atomic E-state index is -0.448. The Labute approximate surface area is 126 Å². The van der Waals surface area contributed by atoms with Gasteiger partial charge in [-0.15, -0.1) is 0 Å². The second-order valence-corrected chi connectivity index (χ2v) is 6.06. The third-order valence-corrected chi connectivity index (χ3v) is 4.13. The number of hydrogen-bond donors (Lipinski definition) is 1. The van der Waals surface area contributed by atoms with Crippen LogP contribution in [0.2, 0.25) is 0 Å². The highest BCUT2D eigenvalue weighted by molar-refractivity contribution is 5.52. The molecular formula is C17H26F2N2. The SMILES string of the molecule is CCCCN(c1c(F)cc(CC(N)CC)cc1F)C1CC1. The number of halogens is 2. The summed E-state index contributed by atoms with van der Waals surface area (Å²) in [5, 5.41) is 0. The smallest absolute Gasteiger partial charge is 0.149 e. The van der Waals surface area contributed by atoms with Gasteiger partial charge in [-0.05, 0) is 49.8 Å². The first-order chi connectivity index (χ1) is 10.1. The summed E-state index contributed by atoms with van der Waals surface area (Å²) in [5.74, 6) is -0.896.